The van der Waals surface area contributed by atoms with Crippen LogP contribution in [-0.4, -0.2) is 31.1 Å². The highest BCUT2D eigenvalue weighted by atomic mass is 35.5. The highest BCUT2D eigenvalue weighted by molar-refractivity contribution is 6.30. The van der Waals surface area contributed by atoms with Crippen LogP contribution in [0.15, 0.2) is 18.2 Å². The Morgan fingerprint density at radius 1 is 1.16 bits per heavy atom. The van der Waals surface area contributed by atoms with Crippen molar-refractivity contribution >= 4 is 17.3 Å². The van der Waals surface area contributed by atoms with E-state index in [4.69, 9.17) is 11.6 Å². The molecule has 0 radical (unpaired) electrons. The van der Waals surface area contributed by atoms with Gasteiger partial charge in [0.1, 0.15) is 0 Å². The average molecular weight is 293 g/mol. The van der Waals surface area contributed by atoms with Crippen LogP contribution < -0.4 is 5.32 Å². The van der Waals surface area contributed by atoms with E-state index in [1.54, 1.807) is 0 Å². The Kier molecular flexibility index (Phi) is 4.58. The topological polar surface area (TPSA) is 15.3 Å². The maximum Gasteiger partial charge on any atom is 0.416 e. The van der Waals surface area contributed by atoms with E-state index in [0.29, 0.717) is 12.2 Å². The number of alkyl halides is 3. The number of nitrogens with one attached hydrogen (secondary N) is 1. The molecule has 0 aromatic heterocycles. The van der Waals surface area contributed by atoms with Gasteiger partial charge in [-0.1, -0.05) is 11.6 Å². The summed E-state index contributed by atoms with van der Waals surface area (Å²) < 4.78 is 37.9. The van der Waals surface area contributed by atoms with E-state index >= 15 is 0 Å². The maximum atomic E-state index is 12.6. The van der Waals surface area contributed by atoms with Crippen LogP contribution in [-0.2, 0) is 6.18 Å². The molecule has 0 bridgehead atoms. The first-order valence-corrected chi connectivity index (χ1v) is 6.67. The van der Waals surface area contributed by atoms with Gasteiger partial charge < -0.3 is 10.2 Å². The molecule has 1 heterocycles. The summed E-state index contributed by atoms with van der Waals surface area (Å²) in [5.41, 5.74) is -0.303. The SMILES string of the molecule is FC(F)(F)c1cc(Cl)cc(NCCN2CCCC2)c1. The smallest absolute Gasteiger partial charge is 0.384 e. The van der Waals surface area contributed by atoms with Crippen molar-refractivity contribution in [2.45, 2.75) is 19.0 Å². The standard InChI is InChI=1S/C13H16ClF3N2/c14-11-7-10(13(15,16)17)8-12(9-11)18-3-6-19-4-1-2-5-19/h7-9,18H,1-6H2. The molecule has 1 N–H and O–H groups in total. The molecule has 1 aliphatic rings. The molecule has 1 aromatic carbocycles. The number of likely N-dealkylation sites (tertiary alicyclic amines) is 1. The van der Waals surface area contributed by atoms with Gasteiger partial charge in [-0.15, -0.1) is 0 Å². The first-order valence-electron chi connectivity index (χ1n) is 6.29. The van der Waals surface area contributed by atoms with E-state index in [1.165, 1.54) is 18.9 Å². The lowest BCUT2D eigenvalue weighted by atomic mass is 10.2. The molecule has 106 valence electrons. The van der Waals surface area contributed by atoms with Crippen LogP contribution >= 0.6 is 11.6 Å². The van der Waals surface area contributed by atoms with E-state index in [1.807, 2.05) is 0 Å². The van der Waals surface area contributed by atoms with Crippen LogP contribution in [0, 0.1) is 0 Å². The zero-order valence-electron chi connectivity index (χ0n) is 10.4. The highest BCUT2D eigenvalue weighted by Gasteiger charge is 2.31. The number of hydrogen-bond donors (Lipinski definition) is 1. The number of halogens is 4. The van der Waals surface area contributed by atoms with Gasteiger partial charge in [0.25, 0.3) is 0 Å². The van der Waals surface area contributed by atoms with Crippen molar-refractivity contribution in [1.29, 1.82) is 0 Å². The van der Waals surface area contributed by atoms with Gasteiger partial charge >= 0.3 is 6.18 Å². The maximum absolute atomic E-state index is 12.6. The van der Waals surface area contributed by atoms with E-state index < -0.39 is 11.7 Å². The Balaban J connectivity index is 1.94. The fraction of sp³-hybridized carbons (Fsp3) is 0.538. The third-order valence-electron chi connectivity index (χ3n) is 3.18. The lowest BCUT2D eigenvalue weighted by molar-refractivity contribution is -0.137. The largest absolute Gasteiger partial charge is 0.416 e. The van der Waals surface area contributed by atoms with Crippen LogP contribution in [0.2, 0.25) is 5.02 Å². The Hall–Kier alpha value is -0.940. The molecule has 19 heavy (non-hydrogen) atoms. The van der Waals surface area contributed by atoms with Gasteiger partial charge in [0, 0.05) is 23.8 Å². The minimum absolute atomic E-state index is 0.0958. The van der Waals surface area contributed by atoms with E-state index in [-0.39, 0.29) is 5.02 Å². The monoisotopic (exact) mass is 292 g/mol. The number of hydrogen-bond acceptors (Lipinski definition) is 2. The van der Waals surface area contributed by atoms with Crippen molar-refractivity contribution in [3.05, 3.63) is 28.8 Å². The van der Waals surface area contributed by atoms with Crippen molar-refractivity contribution in [2.75, 3.05) is 31.5 Å². The molecule has 1 fully saturated rings. The van der Waals surface area contributed by atoms with Gasteiger partial charge in [-0.3, -0.25) is 0 Å². The Labute approximate surface area is 115 Å². The molecular formula is C13H16ClF3N2. The molecule has 2 nitrogen and oxygen atoms in total. The van der Waals surface area contributed by atoms with Crippen LogP contribution in [0.3, 0.4) is 0 Å². The highest BCUT2D eigenvalue weighted by Crippen LogP contribution is 2.33. The first kappa shape index (κ1) is 14.5. The minimum atomic E-state index is -4.36. The van der Waals surface area contributed by atoms with Gasteiger partial charge in [0.05, 0.1) is 5.56 Å². The van der Waals surface area contributed by atoms with Gasteiger partial charge in [-0.05, 0) is 44.1 Å². The Bertz CT molecular complexity index is 428. The lowest BCUT2D eigenvalue weighted by Gasteiger charge is -2.16. The number of nitrogens with zero attached hydrogens (tertiary/aromatic N) is 1. The number of anilines is 1. The quantitative estimate of drug-likeness (QED) is 0.906. The van der Waals surface area contributed by atoms with Gasteiger partial charge in [0.15, 0.2) is 0 Å². The van der Waals surface area contributed by atoms with E-state index in [9.17, 15) is 13.2 Å². The molecule has 0 aliphatic carbocycles. The molecule has 0 saturated carbocycles. The second-order valence-corrected chi connectivity index (χ2v) is 5.14. The van der Waals surface area contributed by atoms with Gasteiger partial charge in [-0.2, -0.15) is 13.2 Å². The Morgan fingerprint density at radius 3 is 2.47 bits per heavy atom. The molecule has 0 spiro atoms. The normalized spacial score (nSPS) is 16.8. The van der Waals surface area contributed by atoms with Crippen molar-refractivity contribution in [2.24, 2.45) is 0 Å². The summed E-state index contributed by atoms with van der Waals surface area (Å²) in [6.45, 7) is 3.61. The van der Waals surface area contributed by atoms with Gasteiger partial charge in [0.2, 0.25) is 0 Å². The van der Waals surface area contributed by atoms with Crippen LogP contribution in [0.1, 0.15) is 18.4 Å². The van der Waals surface area contributed by atoms with Crippen molar-refractivity contribution in [1.82, 2.24) is 4.90 Å². The van der Waals surface area contributed by atoms with E-state index in [0.717, 1.165) is 31.8 Å². The fourth-order valence-electron chi connectivity index (χ4n) is 2.22. The second kappa shape index (κ2) is 6.01. The summed E-state index contributed by atoms with van der Waals surface area (Å²) >= 11 is 5.71. The average Bonchev–Trinajstić information content (AvgIpc) is 2.80. The van der Waals surface area contributed by atoms with E-state index in [2.05, 4.69) is 10.2 Å². The number of benzene rings is 1. The molecule has 0 unspecified atom stereocenters. The molecule has 0 amide bonds. The van der Waals surface area contributed by atoms with Crippen molar-refractivity contribution < 1.29 is 13.2 Å². The zero-order chi connectivity index (χ0) is 13.9. The van der Waals surface area contributed by atoms with Gasteiger partial charge in [-0.25, -0.2) is 0 Å². The van der Waals surface area contributed by atoms with Crippen LogP contribution in [0.5, 0.6) is 0 Å². The van der Waals surface area contributed by atoms with Crippen molar-refractivity contribution in [3.8, 4) is 0 Å². The molecule has 1 aliphatic heterocycles. The molecule has 2 rings (SSSR count). The summed E-state index contributed by atoms with van der Waals surface area (Å²) in [7, 11) is 0. The van der Waals surface area contributed by atoms with Crippen LogP contribution in [0.25, 0.3) is 0 Å². The first-order chi connectivity index (χ1) is 8.95. The Morgan fingerprint density at radius 2 is 1.84 bits per heavy atom. The van der Waals surface area contributed by atoms with Crippen LogP contribution in [0.4, 0.5) is 18.9 Å². The summed E-state index contributed by atoms with van der Waals surface area (Å²) in [6, 6.07) is 3.55. The third kappa shape index (κ3) is 4.28. The summed E-state index contributed by atoms with van der Waals surface area (Å²) in [6.07, 6.45) is -1.96. The summed E-state index contributed by atoms with van der Waals surface area (Å²) in [4.78, 5) is 2.29. The predicted octanol–water partition coefficient (Wildman–Crippen LogP) is 3.87. The third-order valence-corrected chi connectivity index (χ3v) is 3.40. The fourth-order valence-corrected chi connectivity index (χ4v) is 2.46. The molecule has 1 aromatic rings. The molecule has 0 atom stereocenters. The minimum Gasteiger partial charge on any atom is -0.384 e. The second-order valence-electron chi connectivity index (χ2n) is 4.70. The zero-order valence-corrected chi connectivity index (χ0v) is 11.2. The lowest BCUT2D eigenvalue weighted by Crippen LogP contribution is -2.26. The number of rotatable bonds is 4. The summed E-state index contributed by atoms with van der Waals surface area (Å²) in [5.74, 6) is 0. The predicted molar refractivity (Wildman–Crippen MR) is 70.6 cm³/mol. The summed E-state index contributed by atoms with van der Waals surface area (Å²) in [5, 5.41) is 3.09. The molecule has 6 heteroatoms. The molecular weight excluding hydrogens is 277 g/mol. The van der Waals surface area contributed by atoms with Crippen molar-refractivity contribution in [3.63, 3.8) is 0 Å². The molecule has 1 saturated heterocycles.